The van der Waals surface area contributed by atoms with E-state index >= 15 is 0 Å². The predicted octanol–water partition coefficient (Wildman–Crippen LogP) is 5.09. The molecule has 0 aliphatic carbocycles. The molecule has 4 heteroatoms. The molecule has 0 spiro atoms. The van der Waals surface area contributed by atoms with Crippen LogP contribution in [0, 0.1) is 0 Å². The van der Waals surface area contributed by atoms with E-state index in [4.69, 9.17) is 0 Å². The number of nitrogens with one attached hydrogen (secondary N) is 1. The van der Waals surface area contributed by atoms with Crippen LogP contribution in [0.3, 0.4) is 0 Å². The molecule has 0 saturated heterocycles. The van der Waals surface area contributed by atoms with E-state index in [-0.39, 0.29) is 5.41 Å². The summed E-state index contributed by atoms with van der Waals surface area (Å²) in [6, 6.07) is 11.6. The van der Waals surface area contributed by atoms with Crippen LogP contribution < -0.4 is 5.32 Å². The van der Waals surface area contributed by atoms with Crippen molar-refractivity contribution in [3.05, 3.63) is 59.2 Å². The molecule has 0 bridgehead atoms. The van der Waals surface area contributed by atoms with Crippen molar-refractivity contribution in [2.45, 2.75) is 25.4 Å². The molecule has 0 radical (unpaired) electrons. The van der Waals surface area contributed by atoms with E-state index < -0.39 is 11.7 Å². The Balaban J connectivity index is 2.18. The molecule has 1 nitrogen and oxygen atoms in total. The Morgan fingerprint density at radius 2 is 1.55 bits per heavy atom. The van der Waals surface area contributed by atoms with E-state index in [0.717, 1.165) is 22.9 Å². The Hall–Kier alpha value is -1.97. The molecule has 0 aromatic heterocycles. The van der Waals surface area contributed by atoms with Crippen molar-refractivity contribution in [2.24, 2.45) is 0 Å². The average Bonchev–Trinajstić information content (AvgIpc) is 2.37. The lowest BCUT2D eigenvalue weighted by molar-refractivity contribution is -0.137. The molecule has 3 rings (SSSR count). The molecule has 1 heterocycles. The van der Waals surface area contributed by atoms with Crippen LogP contribution in [0.25, 0.3) is 0 Å². The number of hydrogen-bond acceptors (Lipinski definition) is 1. The Morgan fingerprint density at radius 1 is 0.900 bits per heavy atom. The molecule has 104 valence electrons. The summed E-state index contributed by atoms with van der Waals surface area (Å²) in [7, 11) is 0. The van der Waals surface area contributed by atoms with Gasteiger partial charge in [-0.3, -0.25) is 0 Å². The molecule has 0 saturated carbocycles. The van der Waals surface area contributed by atoms with Crippen LogP contribution in [-0.2, 0) is 11.6 Å². The number of rotatable bonds is 0. The Kier molecular flexibility index (Phi) is 2.61. The summed E-state index contributed by atoms with van der Waals surface area (Å²) in [6.45, 7) is 4.05. The monoisotopic (exact) mass is 277 g/mol. The van der Waals surface area contributed by atoms with Gasteiger partial charge in [0.25, 0.3) is 0 Å². The number of anilines is 2. The van der Waals surface area contributed by atoms with Crippen LogP contribution in [-0.4, -0.2) is 0 Å². The maximum Gasteiger partial charge on any atom is 0.416 e. The van der Waals surface area contributed by atoms with Crippen LogP contribution in [0.1, 0.15) is 30.5 Å². The van der Waals surface area contributed by atoms with Crippen LogP contribution in [0.4, 0.5) is 24.5 Å². The van der Waals surface area contributed by atoms with Gasteiger partial charge in [-0.25, -0.2) is 0 Å². The summed E-state index contributed by atoms with van der Waals surface area (Å²) in [6.07, 6.45) is -4.32. The number of halogens is 3. The second-order valence-electron chi connectivity index (χ2n) is 5.55. The van der Waals surface area contributed by atoms with E-state index in [0.29, 0.717) is 5.69 Å². The molecular formula is C16H14F3N. The number of fused-ring (bicyclic) bond motifs is 2. The first kappa shape index (κ1) is 13.0. The van der Waals surface area contributed by atoms with Gasteiger partial charge < -0.3 is 5.32 Å². The summed E-state index contributed by atoms with van der Waals surface area (Å²) in [5, 5.41) is 3.11. The number of para-hydroxylation sites is 1. The van der Waals surface area contributed by atoms with Gasteiger partial charge in [0, 0.05) is 16.8 Å². The fourth-order valence-corrected chi connectivity index (χ4v) is 2.80. The van der Waals surface area contributed by atoms with E-state index in [1.807, 2.05) is 38.1 Å². The first-order chi connectivity index (χ1) is 9.30. The van der Waals surface area contributed by atoms with E-state index in [1.165, 1.54) is 6.07 Å². The largest absolute Gasteiger partial charge is 0.416 e. The van der Waals surface area contributed by atoms with Gasteiger partial charge in [-0.15, -0.1) is 0 Å². The number of alkyl halides is 3. The van der Waals surface area contributed by atoms with Crippen molar-refractivity contribution < 1.29 is 13.2 Å². The van der Waals surface area contributed by atoms with Crippen molar-refractivity contribution >= 4 is 11.4 Å². The first-order valence-corrected chi connectivity index (χ1v) is 6.38. The summed E-state index contributed by atoms with van der Waals surface area (Å²) in [4.78, 5) is 0. The second kappa shape index (κ2) is 4.01. The predicted molar refractivity (Wildman–Crippen MR) is 73.3 cm³/mol. The van der Waals surface area contributed by atoms with Gasteiger partial charge in [0.15, 0.2) is 0 Å². The normalized spacial score (nSPS) is 16.1. The molecule has 0 fully saturated rings. The summed E-state index contributed by atoms with van der Waals surface area (Å²) in [5.74, 6) is 0. The molecule has 1 N–H and O–H groups in total. The SMILES string of the molecule is CC1(C)c2ccccc2Nc2cc(C(F)(F)F)ccc21. The lowest BCUT2D eigenvalue weighted by Crippen LogP contribution is -2.26. The molecule has 0 unspecified atom stereocenters. The van der Waals surface area contributed by atoms with Crippen molar-refractivity contribution in [3.8, 4) is 0 Å². The van der Waals surface area contributed by atoms with E-state index in [2.05, 4.69) is 5.32 Å². The highest BCUT2D eigenvalue weighted by molar-refractivity contribution is 5.75. The van der Waals surface area contributed by atoms with Crippen LogP contribution in [0.2, 0.25) is 0 Å². The molecular weight excluding hydrogens is 263 g/mol. The molecule has 1 aliphatic heterocycles. The summed E-state index contributed by atoms with van der Waals surface area (Å²) >= 11 is 0. The minimum Gasteiger partial charge on any atom is -0.355 e. The first-order valence-electron chi connectivity index (χ1n) is 6.38. The lowest BCUT2D eigenvalue weighted by Gasteiger charge is -2.36. The zero-order chi connectivity index (χ0) is 14.5. The molecule has 0 amide bonds. The second-order valence-corrected chi connectivity index (χ2v) is 5.55. The van der Waals surface area contributed by atoms with Gasteiger partial charge in [-0.2, -0.15) is 13.2 Å². The van der Waals surface area contributed by atoms with Gasteiger partial charge >= 0.3 is 6.18 Å². The van der Waals surface area contributed by atoms with Gasteiger partial charge in [0.2, 0.25) is 0 Å². The minimum absolute atomic E-state index is 0.318. The fraction of sp³-hybridized carbons (Fsp3) is 0.250. The van der Waals surface area contributed by atoms with E-state index in [9.17, 15) is 13.2 Å². The molecule has 2 aromatic carbocycles. The average molecular weight is 277 g/mol. The highest BCUT2D eigenvalue weighted by atomic mass is 19.4. The van der Waals surface area contributed by atoms with Crippen LogP contribution in [0.15, 0.2) is 42.5 Å². The van der Waals surface area contributed by atoms with Crippen molar-refractivity contribution in [1.29, 1.82) is 0 Å². The molecule has 20 heavy (non-hydrogen) atoms. The summed E-state index contributed by atoms with van der Waals surface area (Å²) in [5.41, 5.74) is 2.42. The van der Waals surface area contributed by atoms with Crippen LogP contribution >= 0.6 is 0 Å². The number of benzene rings is 2. The number of hydrogen-bond donors (Lipinski definition) is 1. The fourth-order valence-electron chi connectivity index (χ4n) is 2.80. The topological polar surface area (TPSA) is 12.0 Å². The van der Waals surface area contributed by atoms with Gasteiger partial charge in [0.05, 0.1) is 5.56 Å². The van der Waals surface area contributed by atoms with Crippen LogP contribution in [0.5, 0.6) is 0 Å². The quantitative estimate of drug-likeness (QED) is 0.707. The highest BCUT2D eigenvalue weighted by Crippen LogP contribution is 2.46. The van der Waals surface area contributed by atoms with Gasteiger partial charge in [-0.05, 0) is 29.3 Å². The summed E-state index contributed by atoms with van der Waals surface area (Å²) < 4.78 is 38.5. The van der Waals surface area contributed by atoms with Gasteiger partial charge in [-0.1, -0.05) is 38.1 Å². The van der Waals surface area contributed by atoms with E-state index in [1.54, 1.807) is 6.07 Å². The zero-order valence-electron chi connectivity index (χ0n) is 11.2. The Morgan fingerprint density at radius 3 is 2.25 bits per heavy atom. The maximum atomic E-state index is 12.8. The molecule has 2 aromatic rings. The van der Waals surface area contributed by atoms with Crippen molar-refractivity contribution in [3.63, 3.8) is 0 Å². The molecule has 1 aliphatic rings. The maximum absolute atomic E-state index is 12.8. The molecule has 0 atom stereocenters. The van der Waals surface area contributed by atoms with Crippen molar-refractivity contribution in [1.82, 2.24) is 0 Å². The third-order valence-electron chi connectivity index (χ3n) is 3.89. The van der Waals surface area contributed by atoms with Crippen molar-refractivity contribution in [2.75, 3.05) is 5.32 Å². The smallest absolute Gasteiger partial charge is 0.355 e. The standard InChI is InChI=1S/C16H14F3N/c1-15(2)11-5-3-4-6-13(11)20-14-9-10(16(17,18)19)7-8-12(14)15/h3-9,20H,1-2H3. The van der Waals surface area contributed by atoms with Gasteiger partial charge in [0.1, 0.15) is 0 Å². The lowest BCUT2D eigenvalue weighted by atomic mass is 9.74. The third kappa shape index (κ3) is 1.87. The Labute approximate surface area is 115 Å². The third-order valence-corrected chi connectivity index (χ3v) is 3.89. The highest BCUT2D eigenvalue weighted by Gasteiger charge is 2.36. The zero-order valence-corrected chi connectivity index (χ0v) is 11.2. The Bertz CT molecular complexity index is 672. The minimum atomic E-state index is -4.32.